The van der Waals surface area contributed by atoms with Crippen molar-refractivity contribution < 1.29 is 19.1 Å². The molecule has 19 heavy (non-hydrogen) atoms. The third-order valence-electron chi connectivity index (χ3n) is 2.62. The molecule has 0 saturated carbocycles. The minimum atomic E-state index is -1.04. The maximum atomic E-state index is 11.9. The SMILES string of the molecule is C[C@@H](OC(=O)c1cc(Cl)c[nH]1)C(=O)N1CCNC1=O. The summed E-state index contributed by atoms with van der Waals surface area (Å²) in [5.74, 6) is -1.26. The van der Waals surface area contributed by atoms with Gasteiger partial charge in [0.2, 0.25) is 0 Å². The van der Waals surface area contributed by atoms with E-state index < -0.39 is 24.0 Å². The fraction of sp³-hybridized carbons (Fsp3) is 0.364. The molecule has 1 aliphatic rings. The summed E-state index contributed by atoms with van der Waals surface area (Å²) in [4.78, 5) is 38.5. The van der Waals surface area contributed by atoms with Crippen LogP contribution in [0.25, 0.3) is 0 Å². The van der Waals surface area contributed by atoms with Crippen LogP contribution in [0.3, 0.4) is 0 Å². The number of imide groups is 1. The number of halogens is 1. The molecule has 8 heteroatoms. The van der Waals surface area contributed by atoms with Crippen LogP contribution < -0.4 is 5.32 Å². The number of aromatic nitrogens is 1. The molecule has 2 rings (SSSR count). The van der Waals surface area contributed by atoms with E-state index in [0.717, 1.165) is 4.90 Å². The van der Waals surface area contributed by atoms with Gasteiger partial charge in [0.05, 0.1) is 5.02 Å². The van der Waals surface area contributed by atoms with Crippen molar-refractivity contribution in [3.05, 3.63) is 23.0 Å². The average molecular weight is 286 g/mol. The lowest BCUT2D eigenvalue weighted by Crippen LogP contribution is -2.41. The number of aromatic amines is 1. The smallest absolute Gasteiger partial charge is 0.355 e. The number of nitrogens with one attached hydrogen (secondary N) is 2. The molecule has 1 saturated heterocycles. The number of ether oxygens (including phenoxy) is 1. The highest BCUT2D eigenvalue weighted by molar-refractivity contribution is 6.30. The highest BCUT2D eigenvalue weighted by Gasteiger charge is 2.31. The standard InChI is InChI=1S/C11H12ClN3O4/c1-6(9(16)15-3-2-13-11(15)18)19-10(17)8-4-7(12)5-14-8/h4-6,14H,2-3H2,1H3,(H,13,18)/t6-/m1/s1. The number of carbonyl (C=O) groups is 3. The predicted molar refractivity (Wildman–Crippen MR) is 65.8 cm³/mol. The molecular weight excluding hydrogens is 274 g/mol. The fourth-order valence-corrected chi connectivity index (χ4v) is 1.83. The normalized spacial score (nSPS) is 16.1. The highest BCUT2D eigenvalue weighted by Crippen LogP contribution is 2.12. The Morgan fingerprint density at radius 3 is 2.79 bits per heavy atom. The summed E-state index contributed by atoms with van der Waals surface area (Å²) in [5, 5.41) is 2.86. The van der Waals surface area contributed by atoms with Crippen LogP contribution >= 0.6 is 11.6 Å². The van der Waals surface area contributed by atoms with Crippen molar-refractivity contribution >= 4 is 29.5 Å². The zero-order chi connectivity index (χ0) is 14.0. The molecule has 102 valence electrons. The van der Waals surface area contributed by atoms with E-state index in [4.69, 9.17) is 16.3 Å². The van der Waals surface area contributed by atoms with E-state index in [2.05, 4.69) is 10.3 Å². The number of H-pyrrole nitrogens is 1. The number of esters is 1. The average Bonchev–Trinajstić information content (AvgIpc) is 2.97. The number of hydrogen-bond acceptors (Lipinski definition) is 4. The van der Waals surface area contributed by atoms with E-state index in [9.17, 15) is 14.4 Å². The Balaban J connectivity index is 1.97. The molecule has 0 aromatic carbocycles. The fourth-order valence-electron chi connectivity index (χ4n) is 1.66. The molecule has 1 fully saturated rings. The van der Waals surface area contributed by atoms with E-state index in [1.165, 1.54) is 19.2 Å². The summed E-state index contributed by atoms with van der Waals surface area (Å²) >= 11 is 5.66. The second-order valence-electron chi connectivity index (χ2n) is 4.00. The first-order valence-electron chi connectivity index (χ1n) is 5.63. The lowest BCUT2D eigenvalue weighted by Gasteiger charge is -2.17. The molecule has 1 aliphatic heterocycles. The first kappa shape index (κ1) is 13.4. The van der Waals surface area contributed by atoms with Gasteiger partial charge < -0.3 is 15.0 Å². The first-order chi connectivity index (χ1) is 8.99. The van der Waals surface area contributed by atoms with Crippen LogP contribution in [0.4, 0.5) is 4.79 Å². The van der Waals surface area contributed by atoms with Crippen LogP contribution in [0.2, 0.25) is 5.02 Å². The van der Waals surface area contributed by atoms with Crippen molar-refractivity contribution in [2.45, 2.75) is 13.0 Å². The minimum Gasteiger partial charge on any atom is -0.448 e. The lowest BCUT2D eigenvalue weighted by atomic mass is 10.3. The van der Waals surface area contributed by atoms with Gasteiger partial charge in [0, 0.05) is 19.3 Å². The minimum absolute atomic E-state index is 0.149. The molecular formula is C11H12ClN3O4. The molecule has 1 aromatic rings. The van der Waals surface area contributed by atoms with Crippen molar-refractivity contribution in [1.82, 2.24) is 15.2 Å². The monoisotopic (exact) mass is 285 g/mol. The second-order valence-corrected chi connectivity index (χ2v) is 4.44. The summed E-state index contributed by atoms with van der Waals surface area (Å²) in [6.07, 6.45) is 0.386. The van der Waals surface area contributed by atoms with E-state index >= 15 is 0 Å². The molecule has 2 N–H and O–H groups in total. The molecule has 2 heterocycles. The van der Waals surface area contributed by atoms with Crippen LogP contribution in [-0.4, -0.2) is 47.0 Å². The topological polar surface area (TPSA) is 91.5 Å². The van der Waals surface area contributed by atoms with Crippen LogP contribution in [0.15, 0.2) is 12.3 Å². The van der Waals surface area contributed by atoms with Gasteiger partial charge in [-0.05, 0) is 13.0 Å². The van der Waals surface area contributed by atoms with Gasteiger partial charge in [-0.25, -0.2) is 9.59 Å². The molecule has 1 atom stereocenters. The molecule has 3 amide bonds. The Labute approximate surface area is 113 Å². The Bertz CT molecular complexity index is 528. The third kappa shape index (κ3) is 2.87. The van der Waals surface area contributed by atoms with Gasteiger partial charge >= 0.3 is 12.0 Å². The van der Waals surface area contributed by atoms with Gasteiger partial charge in [-0.15, -0.1) is 0 Å². The number of hydrogen-bond donors (Lipinski definition) is 2. The first-order valence-corrected chi connectivity index (χ1v) is 6.01. The predicted octanol–water partition coefficient (Wildman–Crippen LogP) is 0.765. The number of urea groups is 1. The Hall–Kier alpha value is -2.02. The van der Waals surface area contributed by atoms with Crippen molar-refractivity contribution in [3.8, 4) is 0 Å². The summed E-state index contributed by atoms with van der Waals surface area (Å²) in [5.41, 5.74) is 0.149. The Kier molecular flexibility index (Phi) is 3.75. The van der Waals surface area contributed by atoms with Crippen molar-refractivity contribution in [1.29, 1.82) is 0 Å². The zero-order valence-corrected chi connectivity index (χ0v) is 10.9. The molecule has 0 radical (unpaired) electrons. The Morgan fingerprint density at radius 1 is 1.53 bits per heavy atom. The van der Waals surface area contributed by atoms with Gasteiger partial charge in [-0.3, -0.25) is 9.69 Å². The third-order valence-corrected chi connectivity index (χ3v) is 2.84. The van der Waals surface area contributed by atoms with Gasteiger partial charge in [0.1, 0.15) is 5.69 Å². The maximum Gasteiger partial charge on any atom is 0.355 e. The van der Waals surface area contributed by atoms with Crippen LogP contribution in [0, 0.1) is 0 Å². The van der Waals surface area contributed by atoms with Crippen LogP contribution in [0.1, 0.15) is 17.4 Å². The van der Waals surface area contributed by atoms with Gasteiger partial charge in [0.15, 0.2) is 6.10 Å². The summed E-state index contributed by atoms with van der Waals surface area (Å²) in [6, 6.07) is 0.916. The summed E-state index contributed by atoms with van der Waals surface area (Å²) < 4.78 is 4.97. The van der Waals surface area contributed by atoms with Gasteiger partial charge in [-0.1, -0.05) is 11.6 Å². The van der Waals surface area contributed by atoms with Gasteiger partial charge in [0.25, 0.3) is 5.91 Å². The maximum absolute atomic E-state index is 11.9. The summed E-state index contributed by atoms with van der Waals surface area (Å²) in [7, 11) is 0. The number of amides is 3. The highest BCUT2D eigenvalue weighted by atomic mass is 35.5. The summed E-state index contributed by atoms with van der Waals surface area (Å²) in [6.45, 7) is 2.09. The Morgan fingerprint density at radius 2 is 2.26 bits per heavy atom. The largest absolute Gasteiger partial charge is 0.448 e. The van der Waals surface area contributed by atoms with Gasteiger partial charge in [-0.2, -0.15) is 0 Å². The second kappa shape index (κ2) is 5.31. The molecule has 1 aromatic heterocycles. The number of rotatable bonds is 3. The van der Waals surface area contributed by atoms with E-state index in [1.54, 1.807) is 0 Å². The molecule has 0 unspecified atom stereocenters. The van der Waals surface area contributed by atoms with E-state index in [1.807, 2.05) is 0 Å². The molecule has 7 nitrogen and oxygen atoms in total. The van der Waals surface area contributed by atoms with Crippen molar-refractivity contribution in [2.75, 3.05) is 13.1 Å². The quantitative estimate of drug-likeness (QED) is 0.802. The molecule has 0 spiro atoms. The zero-order valence-electron chi connectivity index (χ0n) is 10.1. The molecule has 0 aliphatic carbocycles. The number of nitrogens with zero attached hydrogens (tertiary/aromatic N) is 1. The number of carbonyl (C=O) groups excluding carboxylic acids is 3. The molecule has 0 bridgehead atoms. The lowest BCUT2D eigenvalue weighted by molar-refractivity contribution is -0.136. The van der Waals surface area contributed by atoms with E-state index in [0.29, 0.717) is 11.6 Å². The van der Waals surface area contributed by atoms with Crippen molar-refractivity contribution in [3.63, 3.8) is 0 Å². The van der Waals surface area contributed by atoms with Crippen molar-refractivity contribution in [2.24, 2.45) is 0 Å². The van der Waals surface area contributed by atoms with E-state index in [-0.39, 0.29) is 12.2 Å². The van der Waals surface area contributed by atoms with Crippen LogP contribution in [0.5, 0.6) is 0 Å². The van der Waals surface area contributed by atoms with Crippen LogP contribution in [-0.2, 0) is 9.53 Å².